The van der Waals surface area contributed by atoms with Gasteiger partial charge in [-0.3, -0.25) is 4.79 Å². The number of carboxylic acid groups (broad SMARTS) is 1. The Balaban J connectivity index is 2.26. The van der Waals surface area contributed by atoms with Crippen LogP contribution in [-0.2, 0) is 9.53 Å². The fourth-order valence-electron chi connectivity index (χ4n) is 2.97. The van der Waals surface area contributed by atoms with Gasteiger partial charge in [-0.15, -0.1) is 0 Å². The maximum absolute atomic E-state index is 12.0. The van der Waals surface area contributed by atoms with Crippen molar-refractivity contribution >= 4 is 11.9 Å². The molecule has 0 fully saturated rings. The van der Waals surface area contributed by atoms with Crippen LogP contribution in [0.25, 0.3) is 0 Å². The highest BCUT2D eigenvalue weighted by atomic mass is 16.5. The van der Waals surface area contributed by atoms with Gasteiger partial charge in [0.25, 0.3) is 0 Å². The molecule has 1 aromatic rings. The molecule has 2 unspecified atom stereocenters. The normalized spacial score (nSPS) is 18.1. The maximum atomic E-state index is 12.0. The first-order valence-electron chi connectivity index (χ1n) is 7.76. The van der Waals surface area contributed by atoms with Crippen LogP contribution in [0.1, 0.15) is 54.3 Å². The number of phenolic OH excluding ortho intramolecular Hbond substituents is 1. The quantitative estimate of drug-likeness (QED) is 0.612. The van der Waals surface area contributed by atoms with Gasteiger partial charge in [0.05, 0.1) is 13.0 Å². The lowest BCUT2D eigenvalue weighted by molar-refractivity contribution is -0.141. The van der Waals surface area contributed by atoms with Crippen molar-refractivity contribution < 1.29 is 29.3 Å². The van der Waals surface area contributed by atoms with E-state index in [9.17, 15) is 14.7 Å². The number of esters is 1. The summed E-state index contributed by atoms with van der Waals surface area (Å²) >= 11 is 0. The summed E-state index contributed by atoms with van der Waals surface area (Å²) in [5.41, 5.74) is 2.49. The number of aromatic hydroxyl groups is 1. The zero-order chi connectivity index (χ0) is 18.0. The molecule has 0 spiro atoms. The fourth-order valence-corrected chi connectivity index (χ4v) is 2.97. The number of hydrogen-bond donors (Lipinski definition) is 2. The molecule has 0 amide bonds. The van der Waals surface area contributed by atoms with Gasteiger partial charge in [-0.1, -0.05) is 18.6 Å². The monoisotopic (exact) mass is 334 g/mol. The zero-order valence-corrected chi connectivity index (χ0v) is 14.3. The van der Waals surface area contributed by atoms with Gasteiger partial charge >= 0.3 is 11.9 Å². The van der Waals surface area contributed by atoms with E-state index in [1.807, 2.05) is 19.9 Å². The smallest absolute Gasteiger partial charge is 0.342 e. The van der Waals surface area contributed by atoms with Crippen molar-refractivity contribution in [2.24, 2.45) is 5.92 Å². The van der Waals surface area contributed by atoms with Crippen LogP contribution in [-0.4, -0.2) is 29.3 Å². The van der Waals surface area contributed by atoms with Crippen molar-refractivity contribution in [1.82, 2.24) is 0 Å². The zero-order valence-electron chi connectivity index (χ0n) is 14.3. The number of carboxylic acids is 1. The van der Waals surface area contributed by atoms with Gasteiger partial charge < -0.3 is 19.7 Å². The van der Waals surface area contributed by atoms with Gasteiger partial charge in [0.2, 0.25) is 0 Å². The SMILES string of the molecule is COc1cc(O)c2c(c1C)C(CC=C(C)CC(C)C(=O)O)OC2=O. The summed E-state index contributed by atoms with van der Waals surface area (Å²) in [5, 5.41) is 19.0. The molecule has 6 heteroatoms. The van der Waals surface area contributed by atoms with Crippen LogP contribution < -0.4 is 4.74 Å². The van der Waals surface area contributed by atoms with Gasteiger partial charge in [0.15, 0.2) is 0 Å². The van der Waals surface area contributed by atoms with Crippen LogP contribution in [0.5, 0.6) is 11.5 Å². The summed E-state index contributed by atoms with van der Waals surface area (Å²) < 4.78 is 10.6. The van der Waals surface area contributed by atoms with Gasteiger partial charge in [0.1, 0.15) is 23.2 Å². The van der Waals surface area contributed by atoms with E-state index in [-0.39, 0.29) is 11.3 Å². The van der Waals surface area contributed by atoms with Crippen LogP contribution in [0.3, 0.4) is 0 Å². The minimum absolute atomic E-state index is 0.153. The van der Waals surface area contributed by atoms with E-state index in [1.165, 1.54) is 13.2 Å². The van der Waals surface area contributed by atoms with Crippen LogP contribution >= 0.6 is 0 Å². The molecule has 6 nitrogen and oxygen atoms in total. The number of rotatable bonds is 6. The van der Waals surface area contributed by atoms with E-state index >= 15 is 0 Å². The lowest BCUT2D eigenvalue weighted by Gasteiger charge is -2.14. The average Bonchev–Trinajstić information content (AvgIpc) is 2.86. The molecular weight excluding hydrogens is 312 g/mol. The number of benzene rings is 1. The molecule has 0 radical (unpaired) electrons. The summed E-state index contributed by atoms with van der Waals surface area (Å²) in [6, 6.07) is 1.41. The second-order valence-corrected chi connectivity index (χ2v) is 6.14. The van der Waals surface area contributed by atoms with Crippen molar-refractivity contribution in [1.29, 1.82) is 0 Å². The van der Waals surface area contributed by atoms with Crippen LogP contribution in [0, 0.1) is 12.8 Å². The topological polar surface area (TPSA) is 93.1 Å². The van der Waals surface area contributed by atoms with Crippen LogP contribution in [0.15, 0.2) is 17.7 Å². The number of hydrogen-bond acceptors (Lipinski definition) is 5. The second kappa shape index (κ2) is 6.95. The number of phenols is 1. The van der Waals surface area contributed by atoms with Crippen molar-refractivity contribution in [3.05, 3.63) is 34.4 Å². The molecule has 1 heterocycles. The number of cyclic esters (lactones) is 1. The van der Waals surface area contributed by atoms with Crippen molar-refractivity contribution in [2.45, 2.75) is 39.7 Å². The Labute approximate surface area is 140 Å². The minimum Gasteiger partial charge on any atom is -0.507 e. The van der Waals surface area contributed by atoms with E-state index in [1.54, 1.807) is 6.92 Å². The molecule has 1 aliphatic rings. The Kier molecular flexibility index (Phi) is 5.17. The Morgan fingerprint density at radius 2 is 2.17 bits per heavy atom. The molecule has 0 aliphatic carbocycles. The molecule has 0 aromatic heterocycles. The molecule has 1 aromatic carbocycles. The van der Waals surface area contributed by atoms with Crippen LogP contribution in [0.2, 0.25) is 0 Å². The molecule has 0 saturated carbocycles. The predicted octanol–water partition coefficient (Wildman–Crippen LogP) is 3.37. The molecule has 2 rings (SSSR count). The summed E-state index contributed by atoms with van der Waals surface area (Å²) in [5.74, 6) is -1.52. The van der Waals surface area contributed by atoms with Gasteiger partial charge in [-0.05, 0) is 25.8 Å². The Morgan fingerprint density at radius 1 is 1.50 bits per heavy atom. The molecule has 0 saturated heterocycles. The fraction of sp³-hybridized carbons (Fsp3) is 0.444. The van der Waals surface area contributed by atoms with Crippen molar-refractivity contribution in [3.63, 3.8) is 0 Å². The summed E-state index contributed by atoms with van der Waals surface area (Å²) in [6.07, 6.45) is 2.22. The van der Waals surface area contributed by atoms with Crippen molar-refractivity contribution in [3.8, 4) is 11.5 Å². The molecule has 1 aliphatic heterocycles. The Hall–Kier alpha value is -2.50. The van der Waals surface area contributed by atoms with E-state index in [2.05, 4.69) is 0 Å². The van der Waals surface area contributed by atoms with Crippen molar-refractivity contribution in [2.75, 3.05) is 7.11 Å². The number of carbonyl (C=O) groups is 2. The number of allylic oxidation sites excluding steroid dienone is 1. The maximum Gasteiger partial charge on any atom is 0.342 e. The second-order valence-electron chi connectivity index (χ2n) is 6.14. The van der Waals surface area contributed by atoms with E-state index in [0.717, 1.165) is 11.1 Å². The third-order valence-electron chi connectivity index (χ3n) is 4.29. The number of carbonyl (C=O) groups excluding carboxylic acids is 1. The summed E-state index contributed by atoms with van der Waals surface area (Å²) in [7, 11) is 1.50. The highest BCUT2D eigenvalue weighted by Gasteiger charge is 2.36. The summed E-state index contributed by atoms with van der Waals surface area (Å²) in [4.78, 5) is 23.0. The summed E-state index contributed by atoms with van der Waals surface area (Å²) in [6.45, 7) is 5.32. The lowest BCUT2D eigenvalue weighted by atomic mass is 9.94. The van der Waals surface area contributed by atoms with Crippen LogP contribution in [0.4, 0.5) is 0 Å². The van der Waals surface area contributed by atoms with E-state index in [4.69, 9.17) is 14.6 Å². The van der Waals surface area contributed by atoms with Gasteiger partial charge in [-0.25, -0.2) is 4.79 Å². The highest BCUT2D eigenvalue weighted by molar-refractivity contribution is 5.98. The Morgan fingerprint density at radius 3 is 2.75 bits per heavy atom. The molecule has 2 atom stereocenters. The van der Waals surface area contributed by atoms with Gasteiger partial charge in [-0.2, -0.15) is 0 Å². The first-order valence-corrected chi connectivity index (χ1v) is 7.76. The van der Waals surface area contributed by atoms with Gasteiger partial charge in [0, 0.05) is 18.1 Å². The van der Waals surface area contributed by atoms with E-state index < -0.39 is 24.0 Å². The predicted molar refractivity (Wildman–Crippen MR) is 87.3 cm³/mol. The average molecular weight is 334 g/mol. The third-order valence-corrected chi connectivity index (χ3v) is 4.29. The lowest BCUT2D eigenvalue weighted by Crippen LogP contribution is -2.09. The largest absolute Gasteiger partial charge is 0.507 e. The number of aliphatic carboxylic acids is 1. The number of methoxy groups -OCH3 is 1. The number of ether oxygens (including phenoxy) is 2. The molecule has 24 heavy (non-hydrogen) atoms. The molecule has 0 bridgehead atoms. The standard InChI is InChI=1S/C18H22O6/c1-9(7-10(2)17(20)21)5-6-13-15-11(3)14(23-4)8-12(19)16(15)18(22)24-13/h5,8,10,13,19H,6-7H2,1-4H3,(H,20,21). The number of fused-ring (bicyclic) bond motifs is 1. The first-order chi connectivity index (χ1) is 11.3. The third kappa shape index (κ3) is 3.37. The molecular formula is C18H22O6. The van der Waals surface area contributed by atoms with E-state index in [0.29, 0.717) is 24.2 Å². The minimum atomic E-state index is -0.842. The molecule has 130 valence electrons. The first kappa shape index (κ1) is 17.8. The highest BCUT2D eigenvalue weighted by Crippen LogP contribution is 2.44. The molecule has 2 N–H and O–H groups in total. The Bertz CT molecular complexity index is 704.